The molecular formula is C13H19N3. The smallest absolute Gasteiger partial charge is 0.0404 e. The second-order valence-corrected chi connectivity index (χ2v) is 4.47. The van der Waals surface area contributed by atoms with E-state index in [1.807, 2.05) is 18.2 Å². The number of nitrogens with two attached hydrogens (primary N) is 1. The fourth-order valence-corrected chi connectivity index (χ4v) is 2.27. The molecule has 1 aromatic rings. The summed E-state index contributed by atoms with van der Waals surface area (Å²) >= 11 is 0. The summed E-state index contributed by atoms with van der Waals surface area (Å²) < 4.78 is 0. The zero-order valence-electron chi connectivity index (χ0n) is 9.50. The summed E-state index contributed by atoms with van der Waals surface area (Å²) in [7, 11) is 0. The van der Waals surface area contributed by atoms with Gasteiger partial charge in [0, 0.05) is 29.2 Å². The summed E-state index contributed by atoms with van der Waals surface area (Å²) in [6, 6.07) is 6.41. The second kappa shape index (κ2) is 5.01. The van der Waals surface area contributed by atoms with Gasteiger partial charge in [-0.05, 0) is 31.0 Å². The van der Waals surface area contributed by atoms with Crippen molar-refractivity contribution in [1.82, 2.24) is 0 Å². The molecule has 0 saturated heterocycles. The van der Waals surface area contributed by atoms with Crippen LogP contribution in [0.25, 0.3) is 0 Å². The van der Waals surface area contributed by atoms with E-state index in [2.05, 4.69) is 5.32 Å². The molecule has 4 N–H and O–H groups in total. The number of rotatable bonds is 3. The summed E-state index contributed by atoms with van der Waals surface area (Å²) in [6.07, 6.45) is 7.83. The van der Waals surface area contributed by atoms with Crippen LogP contribution in [-0.4, -0.2) is 12.3 Å². The van der Waals surface area contributed by atoms with Crippen LogP contribution in [0.5, 0.6) is 0 Å². The molecule has 1 saturated carbocycles. The van der Waals surface area contributed by atoms with Crippen LogP contribution in [-0.2, 0) is 0 Å². The quantitative estimate of drug-likeness (QED) is 0.538. The lowest BCUT2D eigenvalue weighted by Crippen LogP contribution is -2.22. The molecule has 0 atom stereocenters. The van der Waals surface area contributed by atoms with Crippen molar-refractivity contribution in [2.24, 2.45) is 0 Å². The molecule has 16 heavy (non-hydrogen) atoms. The van der Waals surface area contributed by atoms with Crippen LogP contribution in [0.4, 0.5) is 11.4 Å². The van der Waals surface area contributed by atoms with E-state index >= 15 is 0 Å². The molecule has 0 heterocycles. The molecule has 1 aromatic carbocycles. The normalized spacial score (nSPS) is 17.0. The van der Waals surface area contributed by atoms with Crippen molar-refractivity contribution in [2.75, 3.05) is 11.1 Å². The van der Waals surface area contributed by atoms with Gasteiger partial charge < -0.3 is 16.5 Å². The van der Waals surface area contributed by atoms with E-state index in [4.69, 9.17) is 11.1 Å². The predicted molar refractivity (Wildman–Crippen MR) is 69.2 cm³/mol. The van der Waals surface area contributed by atoms with Crippen LogP contribution >= 0.6 is 0 Å². The number of hydrogen-bond acceptors (Lipinski definition) is 3. The van der Waals surface area contributed by atoms with Gasteiger partial charge in [-0.15, -0.1) is 0 Å². The lowest BCUT2D eigenvalue weighted by atomic mass is 9.95. The zero-order chi connectivity index (χ0) is 11.4. The largest absolute Gasteiger partial charge is 0.398 e. The maximum atomic E-state index is 7.27. The summed E-state index contributed by atoms with van der Waals surface area (Å²) in [5.41, 5.74) is 8.30. The maximum Gasteiger partial charge on any atom is 0.0404 e. The van der Waals surface area contributed by atoms with Crippen LogP contribution in [0.15, 0.2) is 18.2 Å². The second-order valence-electron chi connectivity index (χ2n) is 4.47. The number of nitrogens with one attached hydrogen (secondary N) is 2. The number of benzene rings is 1. The van der Waals surface area contributed by atoms with E-state index in [1.165, 1.54) is 38.3 Å². The Morgan fingerprint density at radius 3 is 2.69 bits per heavy atom. The maximum absolute atomic E-state index is 7.27. The van der Waals surface area contributed by atoms with Gasteiger partial charge in [-0.25, -0.2) is 0 Å². The molecule has 3 heteroatoms. The Morgan fingerprint density at radius 1 is 1.25 bits per heavy atom. The number of hydrogen-bond donors (Lipinski definition) is 3. The number of nitrogen functional groups attached to an aromatic ring is 1. The Hall–Kier alpha value is -1.51. The predicted octanol–water partition coefficient (Wildman–Crippen LogP) is 3.01. The molecule has 0 aromatic heterocycles. The Morgan fingerprint density at radius 2 is 2.00 bits per heavy atom. The average Bonchev–Trinajstić information content (AvgIpc) is 2.33. The molecule has 2 rings (SSSR count). The molecule has 0 amide bonds. The zero-order valence-corrected chi connectivity index (χ0v) is 9.50. The summed E-state index contributed by atoms with van der Waals surface area (Å²) in [5.74, 6) is 0. The lowest BCUT2D eigenvalue weighted by Gasteiger charge is -2.24. The summed E-state index contributed by atoms with van der Waals surface area (Å²) in [6.45, 7) is 0. The lowest BCUT2D eigenvalue weighted by molar-refractivity contribution is 0.463. The van der Waals surface area contributed by atoms with Gasteiger partial charge in [-0.2, -0.15) is 0 Å². The Kier molecular flexibility index (Phi) is 3.44. The van der Waals surface area contributed by atoms with Gasteiger partial charge in [-0.3, -0.25) is 0 Å². The highest BCUT2D eigenvalue weighted by atomic mass is 14.9. The molecule has 1 aliphatic rings. The summed E-state index contributed by atoms with van der Waals surface area (Å²) in [4.78, 5) is 0. The Labute approximate surface area is 96.6 Å². The van der Waals surface area contributed by atoms with Crippen molar-refractivity contribution in [3.8, 4) is 0 Å². The highest BCUT2D eigenvalue weighted by Gasteiger charge is 2.12. The Bertz CT molecular complexity index is 367. The minimum atomic E-state index is 0.593. The third-order valence-electron chi connectivity index (χ3n) is 3.22. The number of anilines is 2. The van der Waals surface area contributed by atoms with Crippen LogP contribution < -0.4 is 11.1 Å². The highest BCUT2D eigenvalue weighted by Crippen LogP contribution is 2.23. The van der Waals surface area contributed by atoms with Gasteiger partial charge in [0.2, 0.25) is 0 Å². The van der Waals surface area contributed by atoms with Crippen molar-refractivity contribution >= 4 is 17.6 Å². The standard InChI is InChI=1S/C13H19N3/c14-9-10-8-12(6-7-13(10)15)16-11-4-2-1-3-5-11/h6-9,11,14,16H,1-5,15H2. The summed E-state index contributed by atoms with van der Waals surface area (Å²) in [5, 5.41) is 10.8. The van der Waals surface area contributed by atoms with Crippen LogP contribution in [0.1, 0.15) is 37.7 Å². The molecule has 0 radical (unpaired) electrons. The average molecular weight is 217 g/mol. The van der Waals surface area contributed by atoms with E-state index in [-0.39, 0.29) is 0 Å². The van der Waals surface area contributed by atoms with Gasteiger partial charge in [0.15, 0.2) is 0 Å². The minimum absolute atomic E-state index is 0.593. The van der Waals surface area contributed by atoms with Gasteiger partial charge in [-0.1, -0.05) is 19.3 Å². The monoisotopic (exact) mass is 217 g/mol. The molecular weight excluding hydrogens is 198 g/mol. The van der Waals surface area contributed by atoms with Crippen molar-refractivity contribution < 1.29 is 0 Å². The van der Waals surface area contributed by atoms with E-state index in [9.17, 15) is 0 Å². The van der Waals surface area contributed by atoms with Crippen molar-refractivity contribution in [3.05, 3.63) is 23.8 Å². The van der Waals surface area contributed by atoms with Gasteiger partial charge >= 0.3 is 0 Å². The van der Waals surface area contributed by atoms with Gasteiger partial charge in [0.25, 0.3) is 0 Å². The van der Waals surface area contributed by atoms with E-state index in [0.29, 0.717) is 11.7 Å². The fraction of sp³-hybridized carbons (Fsp3) is 0.462. The van der Waals surface area contributed by atoms with Crippen LogP contribution in [0.2, 0.25) is 0 Å². The van der Waals surface area contributed by atoms with Crippen molar-refractivity contribution in [3.63, 3.8) is 0 Å². The van der Waals surface area contributed by atoms with E-state index < -0.39 is 0 Å². The van der Waals surface area contributed by atoms with Crippen LogP contribution in [0.3, 0.4) is 0 Å². The third-order valence-corrected chi connectivity index (χ3v) is 3.22. The highest BCUT2D eigenvalue weighted by molar-refractivity contribution is 5.86. The molecule has 0 bridgehead atoms. The first-order valence-corrected chi connectivity index (χ1v) is 5.96. The molecule has 0 spiro atoms. The molecule has 3 nitrogen and oxygen atoms in total. The first-order valence-electron chi connectivity index (χ1n) is 5.96. The molecule has 86 valence electrons. The fourth-order valence-electron chi connectivity index (χ4n) is 2.27. The molecule has 0 aliphatic heterocycles. The van der Waals surface area contributed by atoms with Gasteiger partial charge in [0.05, 0.1) is 0 Å². The van der Waals surface area contributed by atoms with Crippen molar-refractivity contribution in [1.29, 1.82) is 5.41 Å². The van der Waals surface area contributed by atoms with Crippen molar-refractivity contribution in [2.45, 2.75) is 38.1 Å². The third kappa shape index (κ3) is 2.54. The molecule has 0 unspecified atom stereocenters. The topological polar surface area (TPSA) is 61.9 Å². The first-order chi connectivity index (χ1) is 7.79. The first kappa shape index (κ1) is 11.0. The SMILES string of the molecule is N=Cc1cc(NC2CCCCC2)ccc1N. The molecule has 1 aliphatic carbocycles. The van der Waals surface area contributed by atoms with Gasteiger partial charge in [0.1, 0.15) is 0 Å². The Balaban J connectivity index is 2.05. The van der Waals surface area contributed by atoms with E-state index in [0.717, 1.165) is 11.3 Å². The van der Waals surface area contributed by atoms with E-state index in [1.54, 1.807) is 0 Å². The molecule has 1 fully saturated rings. The minimum Gasteiger partial charge on any atom is -0.398 e. The van der Waals surface area contributed by atoms with Crippen LogP contribution in [0, 0.1) is 5.41 Å².